The van der Waals surface area contributed by atoms with E-state index in [1.165, 1.54) is 19.4 Å². The highest BCUT2D eigenvalue weighted by Gasteiger charge is 2.25. The number of nitrogens with one attached hydrogen (secondary N) is 1. The van der Waals surface area contributed by atoms with Gasteiger partial charge < -0.3 is 31.6 Å². The molecule has 2 heterocycles. The van der Waals surface area contributed by atoms with Gasteiger partial charge in [-0.25, -0.2) is 14.2 Å². The fourth-order valence-corrected chi connectivity index (χ4v) is 3.94. The SMILES string of the molecule is COCC1CCN(c2cc(/C(N)=C/C(=C\N)c3ccnc(NC(=O)OC)c3)c(C)cc2F)C1.NC=O. The molecule has 2 amide bonds. The molecule has 7 N–H and O–H groups in total. The van der Waals surface area contributed by atoms with Gasteiger partial charge in [-0.05, 0) is 60.4 Å². The van der Waals surface area contributed by atoms with Gasteiger partial charge in [0.2, 0.25) is 6.41 Å². The Bertz CT molecular complexity index is 1120. The van der Waals surface area contributed by atoms with E-state index >= 15 is 0 Å². The summed E-state index contributed by atoms with van der Waals surface area (Å²) in [5.41, 5.74) is 20.2. The third-order valence-corrected chi connectivity index (χ3v) is 5.63. The first-order valence-corrected chi connectivity index (χ1v) is 11.2. The summed E-state index contributed by atoms with van der Waals surface area (Å²) in [7, 11) is 2.95. The van der Waals surface area contributed by atoms with Gasteiger partial charge in [-0.2, -0.15) is 0 Å². The first-order valence-electron chi connectivity index (χ1n) is 11.2. The lowest BCUT2D eigenvalue weighted by atomic mass is 10.00. The summed E-state index contributed by atoms with van der Waals surface area (Å²) in [5, 5.41) is 2.51. The van der Waals surface area contributed by atoms with E-state index in [2.05, 4.69) is 20.8 Å². The molecule has 11 heteroatoms. The second kappa shape index (κ2) is 13.7. The molecule has 1 atom stereocenters. The number of ether oxygens (including phenoxy) is 2. The van der Waals surface area contributed by atoms with Gasteiger partial charge in [0.25, 0.3) is 0 Å². The minimum Gasteiger partial charge on any atom is -0.453 e. The number of nitrogens with zero attached hydrogens (tertiary/aromatic N) is 2. The van der Waals surface area contributed by atoms with Crippen molar-refractivity contribution < 1.29 is 23.5 Å². The summed E-state index contributed by atoms with van der Waals surface area (Å²) in [6.45, 7) is 3.97. The van der Waals surface area contributed by atoms with E-state index in [1.54, 1.807) is 37.6 Å². The summed E-state index contributed by atoms with van der Waals surface area (Å²) < 4.78 is 24.7. The Hall–Kier alpha value is -4.12. The lowest BCUT2D eigenvalue weighted by Gasteiger charge is -2.21. The predicted molar refractivity (Wildman–Crippen MR) is 138 cm³/mol. The number of carbonyl (C=O) groups excluding carboxylic acids is 2. The monoisotopic (exact) mass is 500 g/mol. The van der Waals surface area contributed by atoms with Crippen LogP contribution in [-0.4, -0.2) is 51.4 Å². The largest absolute Gasteiger partial charge is 0.453 e. The molecule has 1 aromatic heterocycles. The van der Waals surface area contributed by atoms with E-state index in [4.69, 9.17) is 21.0 Å². The molecule has 1 aliphatic heterocycles. The standard InChI is InChI=1S/C24H30FN5O3.CH3NO/c1-15-8-20(25)22(30-7-5-16(13-30)14-32-2)11-19(15)21(27)9-18(12-26)17-4-6-28-23(10-17)29-24(31)33-3;2-1-3/h4,6,8-12,16H,5,7,13-14,26-27H2,1-3H3,(H,28,29,31);1H,(H2,2,3)/b18-12+,21-9-;. The van der Waals surface area contributed by atoms with Gasteiger partial charge in [0, 0.05) is 49.8 Å². The number of allylic oxidation sites excluding steroid dienone is 2. The van der Waals surface area contributed by atoms with Crippen LogP contribution in [0, 0.1) is 18.7 Å². The molecule has 194 valence electrons. The van der Waals surface area contributed by atoms with Gasteiger partial charge in [-0.15, -0.1) is 0 Å². The number of amides is 2. The minimum absolute atomic E-state index is 0.250. The molecular weight excluding hydrogens is 467 g/mol. The third kappa shape index (κ3) is 7.44. The van der Waals surface area contributed by atoms with Crippen molar-refractivity contribution in [3.8, 4) is 0 Å². The van der Waals surface area contributed by atoms with E-state index in [0.29, 0.717) is 40.9 Å². The molecule has 0 spiro atoms. The number of hydrogen-bond donors (Lipinski definition) is 4. The fraction of sp³-hybridized carbons (Fsp3) is 0.320. The topological polar surface area (TPSA) is 159 Å². The Labute approximate surface area is 209 Å². The van der Waals surface area contributed by atoms with Crippen LogP contribution < -0.4 is 27.4 Å². The van der Waals surface area contributed by atoms with Crippen molar-refractivity contribution in [2.45, 2.75) is 13.3 Å². The molecule has 0 bridgehead atoms. The van der Waals surface area contributed by atoms with Crippen molar-refractivity contribution in [1.82, 2.24) is 4.98 Å². The second-order valence-electron chi connectivity index (χ2n) is 8.08. The lowest BCUT2D eigenvalue weighted by molar-refractivity contribution is -0.106. The summed E-state index contributed by atoms with van der Waals surface area (Å²) in [4.78, 5) is 26.2. The van der Waals surface area contributed by atoms with Gasteiger partial charge in [0.1, 0.15) is 11.6 Å². The number of nitrogens with two attached hydrogens (primary N) is 3. The van der Waals surface area contributed by atoms with Crippen molar-refractivity contribution in [2.24, 2.45) is 23.1 Å². The van der Waals surface area contributed by atoms with Crippen LogP contribution in [0.15, 0.2) is 42.7 Å². The molecule has 1 aliphatic rings. The maximum atomic E-state index is 14.8. The summed E-state index contributed by atoms with van der Waals surface area (Å²) in [6.07, 6.45) is 5.25. The smallest absolute Gasteiger partial charge is 0.412 e. The molecular formula is C25H33FN6O4. The average molecular weight is 501 g/mol. The zero-order valence-corrected chi connectivity index (χ0v) is 20.7. The number of aryl methyl sites for hydroxylation is 1. The first kappa shape index (κ1) is 28.1. The maximum absolute atomic E-state index is 14.8. The van der Waals surface area contributed by atoms with E-state index in [9.17, 15) is 9.18 Å². The maximum Gasteiger partial charge on any atom is 0.412 e. The molecule has 1 unspecified atom stereocenters. The highest BCUT2D eigenvalue weighted by molar-refractivity contribution is 5.87. The van der Waals surface area contributed by atoms with Crippen LogP contribution in [0.1, 0.15) is 23.1 Å². The van der Waals surface area contributed by atoms with Crippen LogP contribution in [0.25, 0.3) is 11.3 Å². The Morgan fingerprint density at radius 3 is 2.67 bits per heavy atom. The number of halogens is 1. The average Bonchev–Trinajstić information content (AvgIpc) is 3.31. The summed E-state index contributed by atoms with van der Waals surface area (Å²) >= 11 is 0. The molecule has 0 saturated carbocycles. The van der Waals surface area contributed by atoms with Gasteiger partial charge >= 0.3 is 6.09 Å². The molecule has 0 radical (unpaired) electrons. The van der Waals surface area contributed by atoms with E-state index in [-0.39, 0.29) is 12.2 Å². The number of anilines is 2. The number of benzene rings is 1. The number of rotatable bonds is 7. The molecule has 10 nitrogen and oxygen atoms in total. The first-order chi connectivity index (χ1) is 17.3. The van der Waals surface area contributed by atoms with E-state index in [1.807, 2.05) is 11.8 Å². The lowest BCUT2D eigenvalue weighted by Crippen LogP contribution is -2.22. The van der Waals surface area contributed by atoms with E-state index < -0.39 is 6.09 Å². The highest BCUT2D eigenvalue weighted by Crippen LogP contribution is 2.31. The second-order valence-corrected chi connectivity index (χ2v) is 8.08. The van der Waals surface area contributed by atoms with Crippen molar-refractivity contribution in [3.63, 3.8) is 0 Å². The molecule has 1 fully saturated rings. The molecule has 0 aliphatic carbocycles. The van der Waals surface area contributed by atoms with Crippen LogP contribution in [-0.2, 0) is 14.3 Å². The summed E-state index contributed by atoms with van der Waals surface area (Å²) in [6, 6.07) is 6.69. The molecule has 1 aromatic carbocycles. The number of pyridine rings is 1. The highest BCUT2D eigenvalue weighted by atomic mass is 19.1. The normalized spacial score (nSPS) is 15.7. The molecule has 36 heavy (non-hydrogen) atoms. The van der Waals surface area contributed by atoms with Gasteiger partial charge in [0.05, 0.1) is 19.4 Å². The number of hydrogen-bond acceptors (Lipinski definition) is 8. The molecule has 2 aromatic rings. The van der Waals surface area contributed by atoms with Crippen molar-refractivity contribution >= 4 is 35.3 Å². The number of aromatic nitrogens is 1. The fourth-order valence-electron chi connectivity index (χ4n) is 3.94. The zero-order chi connectivity index (χ0) is 26.7. The number of carbonyl (C=O) groups is 2. The predicted octanol–water partition coefficient (Wildman–Crippen LogP) is 2.58. The Balaban J connectivity index is 0.00000145. The number of primary amides is 1. The van der Waals surface area contributed by atoms with Gasteiger partial charge in [0.15, 0.2) is 0 Å². The van der Waals surface area contributed by atoms with E-state index in [0.717, 1.165) is 30.6 Å². The van der Waals surface area contributed by atoms with Crippen LogP contribution in [0.2, 0.25) is 0 Å². The van der Waals surface area contributed by atoms with Crippen LogP contribution in [0.4, 0.5) is 20.7 Å². The zero-order valence-electron chi connectivity index (χ0n) is 20.7. The van der Waals surface area contributed by atoms with Gasteiger partial charge in [-0.3, -0.25) is 10.1 Å². The third-order valence-electron chi connectivity index (χ3n) is 5.63. The molecule has 1 saturated heterocycles. The Morgan fingerprint density at radius 1 is 1.31 bits per heavy atom. The van der Waals surface area contributed by atoms with Crippen LogP contribution in [0.3, 0.4) is 0 Å². The number of methoxy groups -OCH3 is 2. The molecule has 3 rings (SSSR count). The van der Waals surface area contributed by atoms with Crippen molar-refractivity contribution in [3.05, 3.63) is 65.2 Å². The van der Waals surface area contributed by atoms with Crippen molar-refractivity contribution in [1.29, 1.82) is 0 Å². The van der Waals surface area contributed by atoms with Crippen LogP contribution in [0.5, 0.6) is 0 Å². The summed E-state index contributed by atoms with van der Waals surface area (Å²) in [5.74, 6) is 0.410. The Kier molecular flexibility index (Phi) is 10.7. The Morgan fingerprint density at radius 2 is 2.03 bits per heavy atom. The minimum atomic E-state index is -0.628. The van der Waals surface area contributed by atoms with Gasteiger partial charge in [-0.1, -0.05) is 0 Å². The van der Waals surface area contributed by atoms with Crippen LogP contribution >= 0.6 is 0 Å². The quantitative estimate of drug-likeness (QED) is 0.333. The van der Waals surface area contributed by atoms with Crippen molar-refractivity contribution in [2.75, 3.05) is 44.1 Å².